The van der Waals surface area contributed by atoms with Gasteiger partial charge in [-0.3, -0.25) is 20.2 Å². The van der Waals surface area contributed by atoms with Gasteiger partial charge in [-0.1, -0.05) is 24.3 Å². The Morgan fingerprint density at radius 1 is 0.690 bits per heavy atom. The van der Waals surface area contributed by atoms with Gasteiger partial charge in [0.2, 0.25) is 0 Å². The zero-order valence-corrected chi connectivity index (χ0v) is 15.3. The molecule has 4 rings (SSSR count). The van der Waals surface area contributed by atoms with E-state index >= 15 is 0 Å². The van der Waals surface area contributed by atoms with Crippen LogP contribution in [0.3, 0.4) is 0 Å². The van der Waals surface area contributed by atoms with Crippen LogP contribution in [0.4, 0.5) is 11.4 Å². The van der Waals surface area contributed by atoms with Crippen LogP contribution >= 0.6 is 0 Å². The van der Waals surface area contributed by atoms with Gasteiger partial charge in [-0.25, -0.2) is 0 Å². The van der Waals surface area contributed by atoms with Gasteiger partial charge in [0.25, 0.3) is 11.4 Å². The van der Waals surface area contributed by atoms with Gasteiger partial charge in [-0.2, -0.15) is 0 Å². The highest BCUT2D eigenvalue weighted by molar-refractivity contribution is 5.41. The van der Waals surface area contributed by atoms with E-state index in [0.29, 0.717) is 11.1 Å². The normalized spacial score (nSPS) is 26.9. The van der Waals surface area contributed by atoms with Gasteiger partial charge in [0.05, 0.1) is 52.8 Å². The van der Waals surface area contributed by atoms with Gasteiger partial charge < -0.3 is 18.9 Å². The summed E-state index contributed by atoms with van der Waals surface area (Å²) < 4.78 is 23.0. The lowest BCUT2D eigenvalue weighted by Gasteiger charge is -2.43. The number of hydrogen-bond acceptors (Lipinski definition) is 8. The predicted octanol–water partition coefficient (Wildman–Crippen LogP) is 3.28. The van der Waals surface area contributed by atoms with Crippen LogP contribution in [0, 0.1) is 25.6 Å². The van der Waals surface area contributed by atoms with Crippen molar-refractivity contribution in [1.29, 1.82) is 0 Å². The Bertz CT molecular complexity index is 839. The predicted molar refractivity (Wildman–Crippen MR) is 97.9 cm³/mol. The van der Waals surface area contributed by atoms with Crippen LogP contribution in [0.1, 0.15) is 23.7 Å². The molecule has 0 N–H and O–H groups in total. The molecule has 2 aliphatic rings. The third kappa shape index (κ3) is 3.83. The van der Waals surface area contributed by atoms with Crippen molar-refractivity contribution in [2.75, 3.05) is 26.4 Å². The van der Waals surface area contributed by atoms with E-state index in [1.165, 1.54) is 12.1 Å². The molecule has 2 fully saturated rings. The van der Waals surface area contributed by atoms with Crippen LogP contribution in [0.25, 0.3) is 0 Å². The highest BCUT2D eigenvalue weighted by atomic mass is 16.7. The molecule has 29 heavy (non-hydrogen) atoms. The van der Waals surface area contributed by atoms with E-state index in [-0.39, 0.29) is 37.8 Å². The van der Waals surface area contributed by atoms with Crippen LogP contribution in [-0.2, 0) is 18.9 Å². The Balaban J connectivity index is 1.42. The number of nitrogens with zero attached hydrogens (tertiary/aromatic N) is 2. The molecule has 2 aromatic carbocycles. The van der Waals surface area contributed by atoms with Crippen molar-refractivity contribution in [3.63, 3.8) is 0 Å². The fourth-order valence-corrected chi connectivity index (χ4v) is 3.42. The second kappa shape index (κ2) is 7.84. The molecular formula is C19H18N2O8. The smallest absolute Gasteiger partial charge is 0.277 e. The first-order valence-corrected chi connectivity index (χ1v) is 8.92. The monoisotopic (exact) mass is 402 g/mol. The Kier molecular flexibility index (Phi) is 5.24. The number of nitro benzene ring substituents is 2. The molecule has 1 spiro atoms. The summed E-state index contributed by atoms with van der Waals surface area (Å²) in [4.78, 5) is 21.5. The number of rotatable bonds is 4. The molecule has 2 aromatic rings. The molecule has 0 radical (unpaired) electrons. The SMILES string of the molecule is O=[N+]([O-])c1ccccc1C1OCC2(CO1)COC(c1ccccc1[N+](=O)[O-])OC2. The van der Waals surface area contributed by atoms with Crippen LogP contribution in [0.15, 0.2) is 48.5 Å². The van der Waals surface area contributed by atoms with Crippen molar-refractivity contribution in [2.24, 2.45) is 5.41 Å². The van der Waals surface area contributed by atoms with Crippen LogP contribution in [0.5, 0.6) is 0 Å². The van der Waals surface area contributed by atoms with Gasteiger partial charge in [0.15, 0.2) is 12.6 Å². The van der Waals surface area contributed by atoms with Crippen molar-refractivity contribution in [3.8, 4) is 0 Å². The van der Waals surface area contributed by atoms with E-state index < -0.39 is 27.8 Å². The van der Waals surface area contributed by atoms with Crippen LogP contribution in [0.2, 0.25) is 0 Å². The van der Waals surface area contributed by atoms with Gasteiger partial charge in [0, 0.05) is 12.1 Å². The molecule has 0 aromatic heterocycles. The number of benzene rings is 2. The molecule has 0 aliphatic carbocycles. The van der Waals surface area contributed by atoms with Gasteiger partial charge in [0.1, 0.15) is 0 Å². The Hall–Kier alpha value is -2.92. The molecule has 2 saturated heterocycles. The maximum atomic E-state index is 11.2. The standard InChI is InChI=1S/C19H18N2O8/c22-20(23)15-7-3-1-5-13(15)17-26-9-19(10-27-17)11-28-18(29-12-19)14-6-2-4-8-16(14)21(24)25/h1-8,17-18H,9-12H2. The van der Waals surface area contributed by atoms with E-state index in [4.69, 9.17) is 18.9 Å². The minimum atomic E-state index is -0.852. The topological polar surface area (TPSA) is 123 Å². The Labute approximate surface area is 165 Å². The third-order valence-corrected chi connectivity index (χ3v) is 4.94. The largest absolute Gasteiger partial charge is 0.347 e. The highest BCUT2D eigenvalue weighted by Gasteiger charge is 2.44. The van der Waals surface area contributed by atoms with Crippen molar-refractivity contribution in [1.82, 2.24) is 0 Å². The van der Waals surface area contributed by atoms with Gasteiger partial charge in [-0.15, -0.1) is 0 Å². The molecule has 0 unspecified atom stereocenters. The van der Waals surface area contributed by atoms with E-state index in [2.05, 4.69) is 0 Å². The third-order valence-electron chi connectivity index (χ3n) is 4.94. The number of hydrogen-bond donors (Lipinski definition) is 0. The van der Waals surface area contributed by atoms with Crippen molar-refractivity contribution in [3.05, 3.63) is 79.9 Å². The van der Waals surface area contributed by atoms with E-state index in [0.717, 1.165) is 0 Å². The Morgan fingerprint density at radius 3 is 1.38 bits per heavy atom. The van der Waals surface area contributed by atoms with Gasteiger partial charge >= 0.3 is 0 Å². The molecule has 10 heteroatoms. The zero-order valence-electron chi connectivity index (χ0n) is 15.3. The fraction of sp³-hybridized carbons (Fsp3) is 0.368. The van der Waals surface area contributed by atoms with Crippen LogP contribution in [-0.4, -0.2) is 36.3 Å². The average Bonchev–Trinajstić information content (AvgIpc) is 2.75. The summed E-state index contributed by atoms with van der Waals surface area (Å²) in [6, 6.07) is 12.5. The first-order chi connectivity index (χ1) is 14.0. The lowest BCUT2D eigenvalue weighted by atomic mass is 9.90. The van der Waals surface area contributed by atoms with E-state index in [9.17, 15) is 20.2 Å². The zero-order chi connectivity index (χ0) is 20.4. The summed E-state index contributed by atoms with van der Waals surface area (Å²) in [6.45, 7) is 0.862. The highest BCUT2D eigenvalue weighted by Crippen LogP contribution is 2.41. The molecule has 0 atom stereocenters. The van der Waals surface area contributed by atoms with E-state index in [1.807, 2.05) is 0 Å². The molecule has 10 nitrogen and oxygen atoms in total. The summed E-state index contributed by atoms with van der Waals surface area (Å²) in [5.41, 5.74) is -0.0206. The first-order valence-electron chi connectivity index (χ1n) is 8.92. The lowest BCUT2D eigenvalue weighted by Crippen LogP contribution is -2.49. The maximum Gasteiger partial charge on any atom is 0.277 e. The second-order valence-electron chi connectivity index (χ2n) is 7.04. The minimum Gasteiger partial charge on any atom is -0.347 e. The van der Waals surface area contributed by atoms with Crippen molar-refractivity contribution in [2.45, 2.75) is 12.6 Å². The number of ether oxygens (including phenoxy) is 4. The fourth-order valence-electron chi connectivity index (χ4n) is 3.42. The summed E-state index contributed by atoms with van der Waals surface area (Å²) in [5.74, 6) is 0. The molecule has 0 saturated carbocycles. The lowest BCUT2D eigenvalue weighted by molar-refractivity contribution is -0.389. The molecule has 2 aliphatic heterocycles. The minimum absolute atomic E-state index is 0.0685. The second-order valence-corrected chi connectivity index (χ2v) is 7.04. The molecule has 2 heterocycles. The average molecular weight is 402 g/mol. The van der Waals surface area contributed by atoms with E-state index in [1.54, 1.807) is 36.4 Å². The summed E-state index contributed by atoms with van der Waals surface area (Å²) in [7, 11) is 0. The molecular weight excluding hydrogens is 384 g/mol. The maximum absolute atomic E-state index is 11.2. The number of nitro groups is 2. The summed E-state index contributed by atoms with van der Waals surface area (Å²) >= 11 is 0. The summed E-state index contributed by atoms with van der Waals surface area (Å²) in [6.07, 6.45) is -1.70. The molecule has 0 amide bonds. The molecule has 152 valence electrons. The van der Waals surface area contributed by atoms with Crippen molar-refractivity contribution >= 4 is 11.4 Å². The quantitative estimate of drug-likeness (QED) is 0.564. The first kappa shape index (κ1) is 19.4. The van der Waals surface area contributed by atoms with Crippen LogP contribution < -0.4 is 0 Å². The Morgan fingerprint density at radius 2 is 1.03 bits per heavy atom. The molecule has 0 bridgehead atoms. The number of para-hydroxylation sites is 2. The van der Waals surface area contributed by atoms with Gasteiger partial charge in [-0.05, 0) is 12.1 Å². The summed E-state index contributed by atoms with van der Waals surface area (Å²) in [5, 5.41) is 22.4. The van der Waals surface area contributed by atoms with Crippen molar-refractivity contribution < 1.29 is 28.8 Å².